The topological polar surface area (TPSA) is 61.8 Å². The maximum Gasteiger partial charge on any atom is 0.237 e. The average Bonchev–Trinajstić information content (AvgIpc) is 2.77. The molecule has 5 nitrogen and oxygen atoms in total. The van der Waals surface area contributed by atoms with Crippen molar-refractivity contribution < 1.29 is 14.6 Å². The zero-order valence-corrected chi connectivity index (χ0v) is 10.4. The Balaban J connectivity index is 1.95. The number of hydrogen-bond acceptors (Lipinski definition) is 4. The van der Waals surface area contributed by atoms with Crippen LogP contribution in [0.5, 0.6) is 0 Å². The predicted molar refractivity (Wildman–Crippen MR) is 63.7 cm³/mol. The number of aliphatic hydroxyl groups excluding tert-OH is 1. The number of ether oxygens (including phenoxy) is 1. The summed E-state index contributed by atoms with van der Waals surface area (Å²) in [7, 11) is 1.98. The second-order valence-corrected chi connectivity index (χ2v) is 5.18. The molecule has 0 radical (unpaired) electrons. The third kappa shape index (κ3) is 2.78. The van der Waals surface area contributed by atoms with Gasteiger partial charge in [-0.1, -0.05) is 0 Å². The maximum atomic E-state index is 12.2. The van der Waals surface area contributed by atoms with E-state index in [1.165, 1.54) is 0 Å². The summed E-state index contributed by atoms with van der Waals surface area (Å²) in [5.74, 6) is 0.0564. The fourth-order valence-corrected chi connectivity index (χ4v) is 2.67. The lowest BCUT2D eigenvalue weighted by Crippen LogP contribution is -2.58. The Morgan fingerprint density at radius 2 is 2.24 bits per heavy atom. The van der Waals surface area contributed by atoms with Gasteiger partial charge in [-0.15, -0.1) is 0 Å². The van der Waals surface area contributed by atoms with Gasteiger partial charge in [0.25, 0.3) is 0 Å². The van der Waals surface area contributed by atoms with Crippen LogP contribution >= 0.6 is 0 Å². The number of likely N-dealkylation sites (tertiary alicyclic amines) is 1. The van der Waals surface area contributed by atoms with Crippen molar-refractivity contribution in [1.82, 2.24) is 10.2 Å². The highest BCUT2D eigenvalue weighted by molar-refractivity contribution is 5.82. The smallest absolute Gasteiger partial charge is 0.237 e. The highest BCUT2D eigenvalue weighted by Gasteiger charge is 2.37. The molecule has 0 aromatic rings. The monoisotopic (exact) mass is 242 g/mol. The van der Waals surface area contributed by atoms with Crippen LogP contribution in [0.15, 0.2) is 0 Å². The molecule has 0 aliphatic carbocycles. The molecule has 0 aromatic heterocycles. The lowest BCUT2D eigenvalue weighted by atomic mass is 9.90. The van der Waals surface area contributed by atoms with Crippen molar-refractivity contribution in [3.8, 4) is 0 Å². The first-order chi connectivity index (χ1) is 8.17. The Morgan fingerprint density at radius 3 is 2.76 bits per heavy atom. The summed E-state index contributed by atoms with van der Waals surface area (Å²) in [6, 6.07) is -0.0266. The molecule has 0 saturated carbocycles. The van der Waals surface area contributed by atoms with E-state index in [1.807, 2.05) is 7.05 Å². The van der Waals surface area contributed by atoms with Crippen LogP contribution in [0.2, 0.25) is 0 Å². The molecule has 0 bridgehead atoms. The summed E-state index contributed by atoms with van der Waals surface area (Å²) in [5, 5.41) is 12.6. The number of aliphatic hydroxyl groups is 1. The first kappa shape index (κ1) is 12.8. The van der Waals surface area contributed by atoms with Crippen LogP contribution in [0.4, 0.5) is 0 Å². The Labute approximate surface area is 102 Å². The minimum Gasteiger partial charge on any atom is -0.394 e. The first-order valence-corrected chi connectivity index (χ1v) is 6.38. The Hall–Kier alpha value is -0.650. The number of carbonyl (C=O) groups is 1. The van der Waals surface area contributed by atoms with Crippen LogP contribution in [-0.2, 0) is 9.53 Å². The Bertz CT molecular complexity index is 277. The molecule has 2 N–H and O–H groups in total. The van der Waals surface area contributed by atoms with Crippen LogP contribution in [0.25, 0.3) is 0 Å². The van der Waals surface area contributed by atoms with E-state index in [-0.39, 0.29) is 18.6 Å². The summed E-state index contributed by atoms with van der Waals surface area (Å²) in [6.07, 6.45) is 3.39. The zero-order chi connectivity index (χ0) is 12.3. The SMILES string of the molecule is CN1CCCC1C(=O)NC1(CO)CCOCC1. The van der Waals surface area contributed by atoms with Crippen molar-refractivity contribution in [2.45, 2.75) is 37.3 Å². The van der Waals surface area contributed by atoms with Gasteiger partial charge in [-0.2, -0.15) is 0 Å². The maximum absolute atomic E-state index is 12.2. The van der Waals surface area contributed by atoms with Crippen LogP contribution in [0.1, 0.15) is 25.7 Å². The van der Waals surface area contributed by atoms with Crippen molar-refractivity contribution in [3.63, 3.8) is 0 Å². The molecule has 98 valence electrons. The number of carbonyl (C=O) groups excluding carboxylic acids is 1. The van der Waals surface area contributed by atoms with E-state index in [9.17, 15) is 9.90 Å². The van der Waals surface area contributed by atoms with Crippen LogP contribution in [0.3, 0.4) is 0 Å². The molecule has 0 aromatic carbocycles. The van der Waals surface area contributed by atoms with Gasteiger partial charge in [-0.05, 0) is 39.3 Å². The van der Waals surface area contributed by atoms with Gasteiger partial charge in [-0.25, -0.2) is 0 Å². The minimum absolute atomic E-state index is 0.00145. The van der Waals surface area contributed by atoms with E-state index in [4.69, 9.17) is 4.74 Å². The normalized spacial score (nSPS) is 29.2. The van der Waals surface area contributed by atoms with E-state index in [0.29, 0.717) is 26.1 Å². The third-order valence-corrected chi connectivity index (χ3v) is 3.96. The molecule has 5 heteroatoms. The van der Waals surface area contributed by atoms with Gasteiger partial charge in [0.2, 0.25) is 5.91 Å². The molecule has 2 aliphatic rings. The molecule has 1 atom stereocenters. The zero-order valence-electron chi connectivity index (χ0n) is 10.4. The third-order valence-electron chi connectivity index (χ3n) is 3.96. The second kappa shape index (κ2) is 5.33. The molecule has 0 spiro atoms. The summed E-state index contributed by atoms with van der Waals surface area (Å²) in [6.45, 7) is 2.20. The van der Waals surface area contributed by atoms with Gasteiger partial charge in [0.1, 0.15) is 0 Å². The molecule has 1 amide bonds. The number of amides is 1. The first-order valence-electron chi connectivity index (χ1n) is 6.38. The van der Waals surface area contributed by atoms with Crippen molar-refractivity contribution in [3.05, 3.63) is 0 Å². The summed E-state index contributed by atoms with van der Waals surface area (Å²) < 4.78 is 5.28. The molecule has 1 unspecified atom stereocenters. The highest BCUT2D eigenvalue weighted by atomic mass is 16.5. The van der Waals surface area contributed by atoms with Crippen LogP contribution in [-0.4, -0.2) is 60.9 Å². The molecule has 2 saturated heterocycles. The van der Waals surface area contributed by atoms with E-state index >= 15 is 0 Å². The second-order valence-electron chi connectivity index (χ2n) is 5.18. The summed E-state index contributed by atoms with van der Waals surface area (Å²) >= 11 is 0. The van der Waals surface area contributed by atoms with Crippen molar-refractivity contribution in [2.75, 3.05) is 33.4 Å². The predicted octanol–water partition coefficient (Wildman–Crippen LogP) is -0.262. The Kier molecular flexibility index (Phi) is 4.01. The van der Waals surface area contributed by atoms with Crippen molar-refractivity contribution in [2.24, 2.45) is 0 Å². The number of hydrogen-bond donors (Lipinski definition) is 2. The molecule has 2 heterocycles. The highest BCUT2D eigenvalue weighted by Crippen LogP contribution is 2.22. The largest absolute Gasteiger partial charge is 0.394 e. The van der Waals surface area contributed by atoms with Gasteiger partial charge in [0.15, 0.2) is 0 Å². The number of rotatable bonds is 3. The average molecular weight is 242 g/mol. The lowest BCUT2D eigenvalue weighted by Gasteiger charge is -2.37. The van der Waals surface area contributed by atoms with Crippen LogP contribution in [0, 0.1) is 0 Å². The Morgan fingerprint density at radius 1 is 1.53 bits per heavy atom. The fourth-order valence-electron chi connectivity index (χ4n) is 2.67. The molecule has 2 aliphatic heterocycles. The molecule has 17 heavy (non-hydrogen) atoms. The molecular formula is C12H22N2O3. The van der Waals surface area contributed by atoms with Crippen molar-refractivity contribution in [1.29, 1.82) is 0 Å². The van der Waals surface area contributed by atoms with Crippen LogP contribution < -0.4 is 5.32 Å². The number of nitrogens with one attached hydrogen (secondary N) is 1. The van der Waals surface area contributed by atoms with Gasteiger partial charge in [-0.3, -0.25) is 9.69 Å². The summed E-state index contributed by atoms with van der Waals surface area (Å²) in [5.41, 5.74) is -0.460. The lowest BCUT2D eigenvalue weighted by molar-refractivity contribution is -0.129. The van der Waals surface area contributed by atoms with Gasteiger partial charge in [0, 0.05) is 13.2 Å². The molecular weight excluding hydrogens is 220 g/mol. The number of nitrogens with zero attached hydrogens (tertiary/aromatic N) is 1. The van der Waals surface area contributed by atoms with E-state index in [0.717, 1.165) is 19.4 Å². The van der Waals surface area contributed by atoms with E-state index in [2.05, 4.69) is 10.2 Å². The fraction of sp³-hybridized carbons (Fsp3) is 0.917. The van der Waals surface area contributed by atoms with Gasteiger partial charge in [0.05, 0.1) is 18.2 Å². The molecule has 2 fully saturated rings. The molecule has 2 rings (SSSR count). The standard InChI is InChI=1S/C12H22N2O3/c1-14-6-2-3-10(14)11(16)13-12(9-15)4-7-17-8-5-12/h10,15H,2-9H2,1H3,(H,13,16). The van der Waals surface area contributed by atoms with Crippen molar-refractivity contribution >= 4 is 5.91 Å². The summed E-state index contributed by atoms with van der Waals surface area (Å²) in [4.78, 5) is 14.3. The van der Waals surface area contributed by atoms with Gasteiger partial charge < -0.3 is 15.2 Å². The minimum atomic E-state index is -0.460. The quantitative estimate of drug-likeness (QED) is 0.716. The van der Waals surface area contributed by atoms with E-state index < -0.39 is 5.54 Å². The number of likely N-dealkylation sites (N-methyl/N-ethyl adjacent to an activating group) is 1. The van der Waals surface area contributed by atoms with E-state index in [1.54, 1.807) is 0 Å². The van der Waals surface area contributed by atoms with Gasteiger partial charge >= 0.3 is 0 Å².